The molecule has 0 N–H and O–H groups in total. The van der Waals surface area contributed by atoms with Crippen LogP contribution < -0.4 is 14.4 Å². The van der Waals surface area contributed by atoms with Gasteiger partial charge in [0.05, 0.1) is 17.2 Å². The quantitative estimate of drug-likeness (QED) is 0.459. The van der Waals surface area contributed by atoms with Crippen molar-refractivity contribution in [3.63, 3.8) is 0 Å². The second-order valence-corrected chi connectivity index (χ2v) is 10.2. The molecule has 2 aromatic carbocycles. The van der Waals surface area contributed by atoms with E-state index in [1.165, 1.54) is 15.6 Å². The molecule has 0 spiro atoms. The van der Waals surface area contributed by atoms with E-state index in [1.54, 1.807) is 0 Å². The average Bonchev–Trinajstić information content (AvgIpc) is 3.30. The summed E-state index contributed by atoms with van der Waals surface area (Å²) in [6.45, 7) is 3.90. The number of benzene rings is 2. The number of hydrogen-bond acceptors (Lipinski definition) is 7. The first kappa shape index (κ1) is 24.3. The minimum atomic E-state index is -4.83. The molecule has 4 rings (SSSR count). The average molecular weight is 514 g/mol. The molecule has 7 nitrogen and oxygen atoms in total. The zero-order valence-corrected chi connectivity index (χ0v) is 19.8. The lowest BCUT2D eigenvalue weighted by Crippen LogP contribution is -2.48. The van der Waals surface area contributed by atoms with Crippen molar-refractivity contribution < 1.29 is 31.1 Å². The highest BCUT2D eigenvalue weighted by Gasteiger charge is 2.32. The van der Waals surface area contributed by atoms with Gasteiger partial charge in [-0.3, -0.25) is 0 Å². The maximum absolute atomic E-state index is 12.9. The van der Waals surface area contributed by atoms with Crippen molar-refractivity contribution >= 4 is 26.5 Å². The van der Waals surface area contributed by atoms with Gasteiger partial charge in [-0.05, 0) is 55.5 Å². The highest BCUT2D eigenvalue weighted by molar-refractivity contribution is 7.89. The van der Waals surface area contributed by atoms with Crippen LogP contribution in [0.2, 0.25) is 0 Å². The molecule has 0 amide bonds. The van der Waals surface area contributed by atoms with E-state index >= 15 is 0 Å². The van der Waals surface area contributed by atoms with Crippen molar-refractivity contribution in [2.45, 2.75) is 18.2 Å². The van der Waals surface area contributed by atoms with Crippen molar-refractivity contribution in [1.29, 1.82) is 0 Å². The van der Waals surface area contributed by atoms with E-state index in [9.17, 15) is 21.6 Å². The first-order chi connectivity index (χ1) is 16.2. The fourth-order valence-corrected chi connectivity index (χ4v) is 5.82. The first-order valence-electron chi connectivity index (χ1n) is 10.5. The molecular weight excluding hydrogens is 491 g/mol. The second kappa shape index (κ2) is 9.80. The number of rotatable bonds is 7. The zero-order chi connectivity index (χ0) is 24.3. The smallest absolute Gasteiger partial charge is 0.494 e. The molecular formula is C22H22F3N3O4S2. The molecule has 12 heteroatoms. The third kappa shape index (κ3) is 5.62. The number of thiazole rings is 1. The molecule has 0 bridgehead atoms. The minimum absolute atomic E-state index is 0.0810. The molecule has 0 unspecified atom stereocenters. The van der Waals surface area contributed by atoms with E-state index < -0.39 is 22.1 Å². The predicted octanol–water partition coefficient (Wildman–Crippen LogP) is 4.62. The lowest BCUT2D eigenvalue weighted by atomic mass is 10.2. The summed E-state index contributed by atoms with van der Waals surface area (Å²) in [4.78, 5) is 6.64. The van der Waals surface area contributed by atoms with Gasteiger partial charge in [0.15, 0.2) is 5.13 Å². The number of hydrogen-bond donors (Lipinski definition) is 0. The van der Waals surface area contributed by atoms with Crippen molar-refractivity contribution in [2.75, 3.05) is 37.7 Å². The van der Waals surface area contributed by atoms with Crippen LogP contribution in [0.15, 0.2) is 58.8 Å². The van der Waals surface area contributed by atoms with Crippen LogP contribution in [-0.4, -0.2) is 56.9 Å². The van der Waals surface area contributed by atoms with Crippen LogP contribution in [0.4, 0.5) is 18.3 Å². The topological polar surface area (TPSA) is 72.0 Å². The SMILES string of the molecule is CCOc1ccc(-c2csc(N3CCN(S(=O)(=O)c4ccc(OC(F)(F)F)cc4)CC3)n2)cc1. The van der Waals surface area contributed by atoms with E-state index in [1.807, 2.05) is 41.5 Å². The largest absolute Gasteiger partial charge is 0.573 e. The Balaban J connectivity index is 1.38. The summed E-state index contributed by atoms with van der Waals surface area (Å²) >= 11 is 1.49. The number of piperazine rings is 1. The van der Waals surface area contributed by atoms with Crippen LogP contribution in [0.25, 0.3) is 11.3 Å². The Morgan fingerprint density at radius 2 is 1.59 bits per heavy atom. The number of anilines is 1. The van der Waals surface area contributed by atoms with Crippen LogP contribution in [0.3, 0.4) is 0 Å². The molecule has 182 valence electrons. The van der Waals surface area contributed by atoms with Gasteiger partial charge in [-0.2, -0.15) is 4.31 Å². The molecule has 3 aromatic rings. The van der Waals surface area contributed by atoms with Gasteiger partial charge in [0.25, 0.3) is 0 Å². The second-order valence-electron chi connectivity index (χ2n) is 7.38. The molecule has 2 heterocycles. The lowest BCUT2D eigenvalue weighted by Gasteiger charge is -2.33. The molecule has 0 aliphatic carbocycles. The van der Waals surface area contributed by atoms with Crippen molar-refractivity contribution in [1.82, 2.24) is 9.29 Å². The molecule has 0 saturated carbocycles. The fourth-order valence-electron chi connectivity index (χ4n) is 3.51. The molecule has 1 aliphatic rings. The van der Waals surface area contributed by atoms with Crippen molar-refractivity contribution in [3.05, 3.63) is 53.9 Å². The monoisotopic (exact) mass is 513 g/mol. The summed E-state index contributed by atoms with van der Waals surface area (Å²) in [6, 6.07) is 11.9. The van der Waals surface area contributed by atoms with Gasteiger partial charge in [0.2, 0.25) is 10.0 Å². The Bertz CT molecular complexity index is 1210. The predicted molar refractivity (Wildman–Crippen MR) is 123 cm³/mol. The summed E-state index contributed by atoms with van der Waals surface area (Å²) in [6.07, 6.45) is -4.83. The van der Waals surface area contributed by atoms with Gasteiger partial charge in [-0.15, -0.1) is 24.5 Å². The van der Waals surface area contributed by atoms with E-state index in [-0.39, 0.29) is 18.0 Å². The summed E-state index contributed by atoms with van der Waals surface area (Å²) in [7, 11) is -3.83. The third-order valence-electron chi connectivity index (χ3n) is 5.16. The number of halogens is 3. The van der Waals surface area contributed by atoms with Crippen LogP contribution in [0.5, 0.6) is 11.5 Å². The number of nitrogens with zero attached hydrogens (tertiary/aromatic N) is 3. The molecule has 1 fully saturated rings. The van der Waals surface area contributed by atoms with Crippen LogP contribution in [0.1, 0.15) is 6.92 Å². The Morgan fingerprint density at radius 3 is 2.18 bits per heavy atom. The van der Waals surface area contributed by atoms with Gasteiger partial charge in [0, 0.05) is 37.1 Å². The Hall–Kier alpha value is -2.83. The summed E-state index contributed by atoms with van der Waals surface area (Å²) in [5.74, 6) is 0.324. The zero-order valence-electron chi connectivity index (χ0n) is 18.2. The molecule has 1 saturated heterocycles. The molecule has 1 aromatic heterocycles. The maximum atomic E-state index is 12.9. The van der Waals surface area contributed by atoms with Gasteiger partial charge < -0.3 is 14.4 Å². The standard InChI is InChI=1S/C22H22F3N3O4S2/c1-2-31-17-5-3-16(4-6-17)20-15-33-21(26-20)27-11-13-28(14-12-27)34(29,30)19-9-7-18(8-10-19)32-22(23,24)25/h3-10,15H,2,11-14H2,1H3. The minimum Gasteiger partial charge on any atom is -0.494 e. The van der Waals surface area contributed by atoms with E-state index in [0.717, 1.165) is 46.4 Å². The van der Waals surface area contributed by atoms with Crippen LogP contribution >= 0.6 is 11.3 Å². The molecule has 0 atom stereocenters. The highest BCUT2D eigenvalue weighted by atomic mass is 32.2. The van der Waals surface area contributed by atoms with Crippen molar-refractivity contribution in [3.8, 4) is 22.8 Å². The molecule has 34 heavy (non-hydrogen) atoms. The molecule has 0 radical (unpaired) electrons. The van der Waals surface area contributed by atoms with Gasteiger partial charge in [-0.1, -0.05) is 0 Å². The normalized spacial score (nSPS) is 15.4. The van der Waals surface area contributed by atoms with Crippen molar-refractivity contribution in [2.24, 2.45) is 0 Å². The van der Waals surface area contributed by atoms with E-state index in [2.05, 4.69) is 4.74 Å². The van der Waals surface area contributed by atoms with E-state index in [4.69, 9.17) is 9.72 Å². The maximum Gasteiger partial charge on any atom is 0.573 e. The summed E-state index contributed by atoms with van der Waals surface area (Å²) in [5, 5.41) is 2.76. The number of ether oxygens (including phenoxy) is 2. The first-order valence-corrected chi connectivity index (χ1v) is 12.8. The van der Waals surface area contributed by atoms with Crippen LogP contribution in [0, 0.1) is 0 Å². The van der Waals surface area contributed by atoms with Gasteiger partial charge in [0.1, 0.15) is 11.5 Å². The lowest BCUT2D eigenvalue weighted by molar-refractivity contribution is -0.274. The van der Waals surface area contributed by atoms with Gasteiger partial charge >= 0.3 is 6.36 Å². The summed E-state index contributed by atoms with van der Waals surface area (Å²) in [5.41, 5.74) is 1.80. The third-order valence-corrected chi connectivity index (χ3v) is 7.97. The Kier molecular flexibility index (Phi) is 7.01. The Labute approximate surface area is 199 Å². The Morgan fingerprint density at radius 1 is 0.971 bits per heavy atom. The molecule has 1 aliphatic heterocycles. The fraction of sp³-hybridized carbons (Fsp3) is 0.318. The van der Waals surface area contributed by atoms with Gasteiger partial charge in [-0.25, -0.2) is 13.4 Å². The van der Waals surface area contributed by atoms with Crippen LogP contribution in [-0.2, 0) is 10.0 Å². The number of alkyl halides is 3. The number of aromatic nitrogens is 1. The summed E-state index contributed by atoms with van der Waals surface area (Å²) < 4.78 is 73.4. The number of sulfonamides is 1. The van der Waals surface area contributed by atoms with E-state index in [0.29, 0.717) is 19.7 Å². The highest BCUT2D eigenvalue weighted by Crippen LogP contribution is 2.30.